The number of hydrogen-bond acceptors (Lipinski definition) is 1. The van der Waals surface area contributed by atoms with Crippen LogP contribution in [0.4, 0.5) is 17.1 Å². The molecule has 10 aromatic rings. The second-order valence-corrected chi connectivity index (χ2v) is 13.3. The Labute approximate surface area is 297 Å². The van der Waals surface area contributed by atoms with Gasteiger partial charge in [-0.2, -0.15) is 0 Å². The van der Waals surface area contributed by atoms with Gasteiger partial charge in [0.1, 0.15) is 0 Å². The standard InChI is InChI=1S/C50H33N/c1-3-13-34(14-4-1)36-25-29-39(30-26-36)51(40-31-27-37(28-32-40)35-15-5-2-6-16-35)48-33-38-17-11-22-45-43-20-9-7-18-41(43)42-19-8-10-21-44(42)46-23-12-24-47(48)50(46)49(38)45/h1-33H. The van der Waals surface area contributed by atoms with Crippen molar-refractivity contribution in [2.75, 3.05) is 4.90 Å². The van der Waals surface area contributed by atoms with E-state index in [-0.39, 0.29) is 0 Å². The van der Waals surface area contributed by atoms with Gasteiger partial charge in [-0.05, 0) is 95.7 Å². The lowest BCUT2D eigenvalue weighted by Crippen LogP contribution is -2.10. The molecule has 51 heavy (non-hydrogen) atoms. The Hall–Kier alpha value is -6.70. The number of nitrogens with zero attached hydrogens (tertiary/aromatic N) is 1. The Morgan fingerprint density at radius 1 is 0.255 bits per heavy atom. The summed E-state index contributed by atoms with van der Waals surface area (Å²) in [6.07, 6.45) is 0. The minimum absolute atomic E-state index is 1.11. The first-order chi connectivity index (χ1) is 25.3. The van der Waals surface area contributed by atoms with Crippen molar-refractivity contribution in [3.05, 3.63) is 200 Å². The number of anilines is 3. The van der Waals surface area contributed by atoms with E-state index in [0.29, 0.717) is 0 Å². The zero-order valence-electron chi connectivity index (χ0n) is 28.0. The molecule has 0 unspecified atom stereocenters. The average Bonchev–Trinajstić information content (AvgIpc) is 3.21. The molecule has 0 saturated carbocycles. The SMILES string of the molecule is c1ccc(-c2ccc(N(c3ccc(-c4ccccc4)cc3)c3cc4cccc5c6ccccc6c6ccccc6c6cccc3c6c45)cc2)cc1. The van der Waals surface area contributed by atoms with Crippen LogP contribution in [0.25, 0.3) is 76.1 Å². The molecule has 0 aliphatic heterocycles. The summed E-state index contributed by atoms with van der Waals surface area (Å²) in [6.45, 7) is 0. The van der Waals surface area contributed by atoms with Crippen molar-refractivity contribution in [2.45, 2.75) is 0 Å². The summed E-state index contributed by atoms with van der Waals surface area (Å²) in [5.41, 5.74) is 8.21. The van der Waals surface area contributed by atoms with Crippen molar-refractivity contribution in [2.24, 2.45) is 0 Å². The molecule has 0 saturated heterocycles. The molecule has 0 aromatic heterocycles. The fourth-order valence-corrected chi connectivity index (χ4v) is 8.06. The fraction of sp³-hybridized carbons (Fsp3) is 0. The van der Waals surface area contributed by atoms with Crippen LogP contribution in [0.15, 0.2) is 200 Å². The van der Waals surface area contributed by atoms with Gasteiger partial charge in [0.2, 0.25) is 0 Å². The zero-order valence-corrected chi connectivity index (χ0v) is 28.0. The molecule has 0 radical (unpaired) electrons. The van der Waals surface area contributed by atoms with Crippen LogP contribution in [0.5, 0.6) is 0 Å². The molecule has 0 heterocycles. The molecular formula is C50H33N. The summed E-state index contributed by atoms with van der Waals surface area (Å²) in [7, 11) is 0. The Kier molecular flexibility index (Phi) is 6.89. The summed E-state index contributed by atoms with van der Waals surface area (Å²) in [6, 6.07) is 73.1. The zero-order chi connectivity index (χ0) is 33.7. The molecule has 0 atom stereocenters. The molecule has 0 bridgehead atoms. The third-order valence-electron chi connectivity index (χ3n) is 10.4. The lowest BCUT2D eigenvalue weighted by molar-refractivity contribution is 1.30. The molecule has 1 nitrogen and oxygen atoms in total. The largest absolute Gasteiger partial charge is 0.310 e. The molecule has 10 aromatic carbocycles. The predicted octanol–water partition coefficient (Wildman–Crippen LogP) is 14.3. The normalized spacial score (nSPS) is 11.5. The van der Waals surface area contributed by atoms with Crippen molar-refractivity contribution < 1.29 is 0 Å². The number of benzene rings is 9. The van der Waals surface area contributed by atoms with Crippen molar-refractivity contribution >= 4 is 70.9 Å². The first-order valence-corrected chi connectivity index (χ1v) is 17.6. The fourth-order valence-electron chi connectivity index (χ4n) is 8.06. The highest BCUT2D eigenvalue weighted by molar-refractivity contribution is 6.34. The minimum atomic E-state index is 1.11. The van der Waals surface area contributed by atoms with E-state index in [0.717, 1.165) is 17.1 Å². The van der Waals surface area contributed by atoms with Crippen LogP contribution in [-0.4, -0.2) is 0 Å². The maximum Gasteiger partial charge on any atom is 0.0546 e. The van der Waals surface area contributed by atoms with Crippen LogP contribution in [0.3, 0.4) is 0 Å². The number of fused-ring (bicyclic) bond motifs is 5. The van der Waals surface area contributed by atoms with Gasteiger partial charge in [0.05, 0.1) is 5.69 Å². The van der Waals surface area contributed by atoms with Crippen LogP contribution >= 0.6 is 0 Å². The molecule has 0 N–H and O–H groups in total. The van der Waals surface area contributed by atoms with Gasteiger partial charge in [-0.15, -0.1) is 0 Å². The van der Waals surface area contributed by atoms with Crippen molar-refractivity contribution in [1.29, 1.82) is 0 Å². The van der Waals surface area contributed by atoms with Gasteiger partial charge in [-0.25, -0.2) is 0 Å². The quantitative estimate of drug-likeness (QED) is 0.168. The summed E-state index contributed by atoms with van der Waals surface area (Å²) < 4.78 is 0. The van der Waals surface area contributed by atoms with Gasteiger partial charge in [0.25, 0.3) is 0 Å². The molecule has 0 aliphatic carbocycles. The molecule has 0 fully saturated rings. The molecule has 10 rings (SSSR count). The van der Waals surface area contributed by atoms with E-state index in [1.165, 1.54) is 76.1 Å². The van der Waals surface area contributed by atoms with E-state index in [2.05, 4.69) is 205 Å². The Balaban J connectivity index is 1.29. The van der Waals surface area contributed by atoms with Gasteiger partial charge < -0.3 is 4.90 Å². The first kappa shape index (κ1) is 29.2. The van der Waals surface area contributed by atoms with Crippen LogP contribution in [0.1, 0.15) is 0 Å². The lowest BCUT2D eigenvalue weighted by Gasteiger charge is -2.28. The Bertz CT molecular complexity index is 2790. The highest BCUT2D eigenvalue weighted by atomic mass is 15.1. The molecule has 0 aliphatic rings. The Morgan fingerprint density at radius 2 is 0.627 bits per heavy atom. The van der Waals surface area contributed by atoms with E-state index < -0.39 is 0 Å². The second kappa shape index (κ2) is 12.0. The average molecular weight is 648 g/mol. The van der Waals surface area contributed by atoms with Gasteiger partial charge in [-0.1, -0.05) is 170 Å². The van der Waals surface area contributed by atoms with Crippen molar-refractivity contribution in [3.63, 3.8) is 0 Å². The second-order valence-electron chi connectivity index (χ2n) is 13.3. The third-order valence-corrected chi connectivity index (χ3v) is 10.4. The summed E-state index contributed by atoms with van der Waals surface area (Å²) in [5.74, 6) is 0. The molecule has 1 heteroatoms. The summed E-state index contributed by atoms with van der Waals surface area (Å²) in [4.78, 5) is 2.44. The monoisotopic (exact) mass is 647 g/mol. The van der Waals surface area contributed by atoms with Crippen LogP contribution in [0.2, 0.25) is 0 Å². The first-order valence-electron chi connectivity index (χ1n) is 17.6. The molecule has 0 amide bonds. The van der Waals surface area contributed by atoms with E-state index in [9.17, 15) is 0 Å². The number of rotatable bonds is 5. The van der Waals surface area contributed by atoms with Crippen molar-refractivity contribution in [3.8, 4) is 22.3 Å². The lowest BCUT2D eigenvalue weighted by atomic mass is 9.89. The van der Waals surface area contributed by atoms with Gasteiger partial charge in [0, 0.05) is 22.1 Å². The third kappa shape index (κ3) is 4.86. The maximum absolute atomic E-state index is 2.44. The molecule has 238 valence electrons. The molecule has 0 spiro atoms. The van der Waals surface area contributed by atoms with Crippen LogP contribution in [-0.2, 0) is 0 Å². The number of hydrogen-bond donors (Lipinski definition) is 0. The minimum Gasteiger partial charge on any atom is -0.310 e. The van der Waals surface area contributed by atoms with Gasteiger partial charge in [0.15, 0.2) is 0 Å². The van der Waals surface area contributed by atoms with Crippen LogP contribution < -0.4 is 4.90 Å². The summed E-state index contributed by atoms with van der Waals surface area (Å²) in [5, 5.41) is 12.6. The smallest absolute Gasteiger partial charge is 0.0546 e. The van der Waals surface area contributed by atoms with Crippen molar-refractivity contribution in [1.82, 2.24) is 0 Å². The maximum atomic E-state index is 2.44. The predicted molar refractivity (Wildman–Crippen MR) is 220 cm³/mol. The Morgan fingerprint density at radius 3 is 1.14 bits per heavy atom. The van der Waals surface area contributed by atoms with Crippen LogP contribution in [0, 0.1) is 0 Å². The van der Waals surface area contributed by atoms with Gasteiger partial charge in [-0.3, -0.25) is 0 Å². The highest BCUT2D eigenvalue weighted by Crippen LogP contribution is 2.47. The molecular weight excluding hydrogens is 615 g/mol. The van der Waals surface area contributed by atoms with E-state index in [4.69, 9.17) is 0 Å². The van der Waals surface area contributed by atoms with E-state index in [1.54, 1.807) is 0 Å². The van der Waals surface area contributed by atoms with E-state index in [1.807, 2.05) is 0 Å². The highest BCUT2D eigenvalue weighted by Gasteiger charge is 2.20. The topological polar surface area (TPSA) is 3.24 Å². The van der Waals surface area contributed by atoms with Gasteiger partial charge >= 0.3 is 0 Å². The van der Waals surface area contributed by atoms with E-state index >= 15 is 0 Å². The summed E-state index contributed by atoms with van der Waals surface area (Å²) >= 11 is 0.